The van der Waals surface area contributed by atoms with Crippen molar-refractivity contribution in [2.75, 3.05) is 17.7 Å². The van der Waals surface area contributed by atoms with Crippen molar-refractivity contribution in [3.05, 3.63) is 47.9 Å². The highest BCUT2D eigenvalue weighted by Gasteiger charge is 2.29. The summed E-state index contributed by atoms with van der Waals surface area (Å²) in [5, 5.41) is 5.61. The average molecular weight is 429 g/mol. The highest BCUT2D eigenvalue weighted by molar-refractivity contribution is 5.89. The SMILES string of the molecule is COCc1nccc(-c2cnc(NC(C)=O)cc2Nc2cc(C)nc(C(C)(F)F)n2)n1. The van der Waals surface area contributed by atoms with Crippen molar-refractivity contribution in [1.82, 2.24) is 24.9 Å². The number of halogens is 2. The molecule has 1 amide bonds. The number of amides is 1. The molecule has 0 aliphatic rings. The number of rotatable bonds is 7. The lowest BCUT2D eigenvalue weighted by Crippen LogP contribution is -2.14. The second kappa shape index (κ2) is 9.04. The Morgan fingerprint density at radius 2 is 1.94 bits per heavy atom. The van der Waals surface area contributed by atoms with Crippen LogP contribution in [0.2, 0.25) is 0 Å². The van der Waals surface area contributed by atoms with Crippen LogP contribution in [0.15, 0.2) is 30.6 Å². The molecule has 9 nitrogen and oxygen atoms in total. The van der Waals surface area contributed by atoms with Crippen molar-refractivity contribution in [2.45, 2.75) is 33.3 Å². The van der Waals surface area contributed by atoms with E-state index in [0.717, 1.165) is 6.92 Å². The largest absolute Gasteiger partial charge is 0.377 e. The number of hydrogen-bond donors (Lipinski definition) is 2. The van der Waals surface area contributed by atoms with Gasteiger partial charge in [-0.1, -0.05) is 0 Å². The third-order valence-corrected chi connectivity index (χ3v) is 3.97. The van der Waals surface area contributed by atoms with Gasteiger partial charge >= 0.3 is 5.92 Å². The summed E-state index contributed by atoms with van der Waals surface area (Å²) in [7, 11) is 1.53. The van der Waals surface area contributed by atoms with Gasteiger partial charge in [0.25, 0.3) is 0 Å². The van der Waals surface area contributed by atoms with E-state index in [1.807, 2.05) is 0 Å². The number of hydrogen-bond acceptors (Lipinski definition) is 8. The summed E-state index contributed by atoms with van der Waals surface area (Å²) < 4.78 is 32.6. The minimum absolute atomic E-state index is 0.163. The lowest BCUT2D eigenvalue weighted by Gasteiger charge is -2.15. The Balaban J connectivity index is 2.08. The number of alkyl halides is 2. The maximum atomic E-state index is 13.8. The van der Waals surface area contributed by atoms with Crippen LogP contribution in [0.3, 0.4) is 0 Å². The van der Waals surface area contributed by atoms with Crippen LogP contribution in [0.5, 0.6) is 0 Å². The average Bonchev–Trinajstić information content (AvgIpc) is 2.67. The minimum atomic E-state index is -3.20. The second-order valence-corrected chi connectivity index (χ2v) is 6.82. The smallest absolute Gasteiger partial charge is 0.303 e. The number of methoxy groups -OCH3 is 1. The fourth-order valence-electron chi connectivity index (χ4n) is 2.73. The van der Waals surface area contributed by atoms with Gasteiger partial charge in [0, 0.05) is 56.7 Å². The van der Waals surface area contributed by atoms with E-state index >= 15 is 0 Å². The molecule has 0 radical (unpaired) electrons. The van der Waals surface area contributed by atoms with Crippen LogP contribution < -0.4 is 10.6 Å². The van der Waals surface area contributed by atoms with Crippen LogP contribution in [0.25, 0.3) is 11.3 Å². The molecule has 3 heterocycles. The molecule has 162 valence electrons. The van der Waals surface area contributed by atoms with E-state index in [9.17, 15) is 13.6 Å². The predicted octanol–water partition coefficient (Wildman–Crippen LogP) is 3.60. The maximum Gasteiger partial charge on any atom is 0.303 e. The quantitative estimate of drug-likeness (QED) is 0.586. The van der Waals surface area contributed by atoms with Gasteiger partial charge in [-0.2, -0.15) is 8.78 Å². The number of aromatic nitrogens is 5. The van der Waals surface area contributed by atoms with E-state index in [2.05, 4.69) is 35.6 Å². The number of carbonyl (C=O) groups excluding carboxylic acids is 1. The molecule has 31 heavy (non-hydrogen) atoms. The Morgan fingerprint density at radius 3 is 2.61 bits per heavy atom. The maximum absolute atomic E-state index is 13.8. The van der Waals surface area contributed by atoms with Crippen molar-refractivity contribution in [3.63, 3.8) is 0 Å². The molecular formula is C20H21F2N7O2. The fraction of sp³-hybridized carbons (Fsp3) is 0.300. The third-order valence-electron chi connectivity index (χ3n) is 3.97. The van der Waals surface area contributed by atoms with Crippen molar-refractivity contribution in [1.29, 1.82) is 0 Å². The van der Waals surface area contributed by atoms with Gasteiger partial charge in [0.05, 0.1) is 11.4 Å². The van der Waals surface area contributed by atoms with E-state index in [1.165, 1.54) is 26.3 Å². The van der Waals surface area contributed by atoms with Gasteiger partial charge in [-0.25, -0.2) is 24.9 Å². The molecule has 0 spiro atoms. The standard InChI is InChI=1S/C20H21F2N7O2/c1-11-7-17(29-19(25-11)20(3,21)22)28-15-8-16(26-12(2)30)24-9-13(15)14-5-6-23-18(27-14)10-31-4/h5-9H,10H2,1-4H3,(H2,24,25,26,28,29,30). The monoisotopic (exact) mass is 429 g/mol. The number of ether oxygens (including phenoxy) is 1. The Hall–Kier alpha value is -3.60. The van der Waals surface area contributed by atoms with Crippen LogP contribution in [0.4, 0.5) is 26.1 Å². The van der Waals surface area contributed by atoms with Gasteiger partial charge in [-0.15, -0.1) is 0 Å². The topological polar surface area (TPSA) is 115 Å². The Bertz CT molecular complexity index is 1100. The summed E-state index contributed by atoms with van der Waals surface area (Å²) in [6.45, 7) is 3.90. The first-order chi connectivity index (χ1) is 14.7. The van der Waals surface area contributed by atoms with Gasteiger partial charge in [-0.05, 0) is 13.0 Å². The molecule has 3 aromatic rings. The number of carbonyl (C=O) groups is 1. The summed E-state index contributed by atoms with van der Waals surface area (Å²) in [5.74, 6) is -3.21. The first-order valence-electron chi connectivity index (χ1n) is 9.25. The van der Waals surface area contributed by atoms with Gasteiger partial charge in [0.1, 0.15) is 18.2 Å². The number of pyridine rings is 1. The lowest BCUT2D eigenvalue weighted by molar-refractivity contribution is -0.114. The van der Waals surface area contributed by atoms with Gasteiger partial charge < -0.3 is 15.4 Å². The Labute approximate surface area is 177 Å². The minimum Gasteiger partial charge on any atom is -0.377 e. The summed E-state index contributed by atoms with van der Waals surface area (Å²) >= 11 is 0. The summed E-state index contributed by atoms with van der Waals surface area (Å²) in [6, 6.07) is 4.78. The molecule has 0 saturated carbocycles. The predicted molar refractivity (Wildman–Crippen MR) is 110 cm³/mol. The molecule has 0 aliphatic heterocycles. The zero-order chi connectivity index (χ0) is 22.6. The van der Waals surface area contributed by atoms with Gasteiger partial charge in [0.2, 0.25) is 11.7 Å². The van der Waals surface area contributed by atoms with E-state index in [-0.39, 0.29) is 24.1 Å². The van der Waals surface area contributed by atoms with E-state index in [4.69, 9.17) is 4.74 Å². The van der Waals surface area contributed by atoms with Crippen molar-refractivity contribution in [2.24, 2.45) is 0 Å². The van der Waals surface area contributed by atoms with Crippen LogP contribution in [0.1, 0.15) is 31.2 Å². The number of nitrogens with one attached hydrogen (secondary N) is 2. The van der Waals surface area contributed by atoms with Gasteiger partial charge in [0.15, 0.2) is 5.82 Å². The molecular weight excluding hydrogens is 408 g/mol. The highest BCUT2D eigenvalue weighted by atomic mass is 19.3. The van der Waals surface area contributed by atoms with Crippen molar-refractivity contribution in [3.8, 4) is 11.3 Å². The fourth-order valence-corrected chi connectivity index (χ4v) is 2.73. The van der Waals surface area contributed by atoms with Crippen molar-refractivity contribution < 1.29 is 18.3 Å². The second-order valence-electron chi connectivity index (χ2n) is 6.82. The molecule has 3 aromatic heterocycles. The molecule has 0 unspecified atom stereocenters. The summed E-state index contributed by atoms with van der Waals surface area (Å²) in [6.07, 6.45) is 3.09. The molecule has 0 aliphatic carbocycles. The summed E-state index contributed by atoms with van der Waals surface area (Å²) in [4.78, 5) is 32.0. The molecule has 0 saturated heterocycles. The normalized spacial score (nSPS) is 11.3. The molecule has 0 bridgehead atoms. The molecule has 0 fully saturated rings. The van der Waals surface area contributed by atoms with E-state index in [1.54, 1.807) is 25.3 Å². The number of aryl methyl sites for hydroxylation is 1. The molecule has 0 atom stereocenters. The first-order valence-corrected chi connectivity index (χ1v) is 9.25. The van der Waals surface area contributed by atoms with Crippen LogP contribution in [-0.4, -0.2) is 37.9 Å². The van der Waals surface area contributed by atoms with Crippen LogP contribution in [0, 0.1) is 6.92 Å². The van der Waals surface area contributed by atoms with Crippen LogP contribution >= 0.6 is 0 Å². The Kier molecular flexibility index (Phi) is 6.44. The van der Waals surface area contributed by atoms with E-state index < -0.39 is 11.7 Å². The summed E-state index contributed by atoms with van der Waals surface area (Å²) in [5.41, 5.74) is 1.90. The highest BCUT2D eigenvalue weighted by Crippen LogP contribution is 2.31. The number of anilines is 3. The zero-order valence-corrected chi connectivity index (χ0v) is 17.4. The molecule has 2 N–H and O–H groups in total. The van der Waals surface area contributed by atoms with Gasteiger partial charge in [-0.3, -0.25) is 4.79 Å². The van der Waals surface area contributed by atoms with Crippen LogP contribution in [-0.2, 0) is 22.1 Å². The number of nitrogens with zero attached hydrogens (tertiary/aromatic N) is 5. The van der Waals surface area contributed by atoms with E-state index in [0.29, 0.717) is 28.5 Å². The lowest BCUT2D eigenvalue weighted by atomic mass is 10.1. The Morgan fingerprint density at radius 1 is 1.16 bits per heavy atom. The molecule has 0 aromatic carbocycles. The first kappa shape index (κ1) is 22.1. The third kappa shape index (κ3) is 5.72. The molecule has 3 rings (SSSR count). The zero-order valence-electron chi connectivity index (χ0n) is 17.4. The van der Waals surface area contributed by atoms with Crippen molar-refractivity contribution >= 4 is 23.2 Å². The molecule has 11 heteroatoms.